The van der Waals surface area contributed by atoms with Crippen LogP contribution >= 0.6 is 12.5 Å². The monoisotopic (exact) mass is 213 g/mol. The first-order chi connectivity index (χ1) is 6.91. The van der Waals surface area contributed by atoms with Crippen LogP contribution in [-0.2, 0) is 0 Å². The Morgan fingerprint density at radius 1 is 0.714 bits per heavy atom. The van der Waals surface area contributed by atoms with Gasteiger partial charge in [-0.2, -0.15) is 0 Å². The van der Waals surface area contributed by atoms with Crippen molar-refractivity contribution < 1.29 is 0 Å². The Balaban J connectivity index is 2.78. The maximum atomic E-state index is 4.09. The van der Waals surface area contributed by atoms with Crippen molar-refractivity contribution in [2.75, 3.05) is 0 Å². The van der Waals surface area contributed by atoms with Crippen LogP contribution in [0.3, 0.4) is 0 Å². The normalized spacial score (nSPS) is 10.4. The van der Waals surface area contributed by atoms with Crippen LogP contribution in [0.5, 0.6) is 0 Å². The lowest BCUT2D eigenvalue weighted by Crippen LogP contribution is -1.83. The van der Waals surface area contributed by atoms with Crippen LogP contribution in [0.15, 0.2) is 0 Å². The van der Waals surface area contributed by atoms with Crippen LogP contribution in [0, 0.1) is 0 Å². The first-order valence-corrected chi connectivity index (χ1v) is 6.89. The van der Waals surface area contributed by atoms with Crippen LogP contribution in [0.4, 0.5) is 0 Å². The molecule has 0 aliphatic heterocycles. The van der Waals surface area contributed by atoms with Crippen LogP contribution in [0.25, 0.3) is 0 Å². The van der Waals surface area contributed by atoms with E-state index in [4.69, 9.17) is 0 Å². The summed E-state index contributed by atoms with van der Waals surface area (Å²) in [6.45, 7) is 4.25. The Labute approximate surface area is 96.8 Å². The van der Waals surface area contributed by atoms with Gasteiger partial charge in [0, 0.05) is 0 Å². The third-order valence-corrected chi connectivity index (χ3v) is 2.94. The van der Waals surface area contributed by atoms with E-state index in [1.807, 2.05) is 6.56 Å². The average molecular weight is 213 g/mol. The number of hydrogen-bond acceptors (Lipinski definition) is 1. The van der Waals surface area contributed by atoms with E-state index >= 15 is 0 Å². The zero-order valence-corrected chi connectivity index (χ0v) is 10.7. The molecule has 0 heterocycles. The van der Waals surface area contributed by atoms with Crippen molar-refractivity contribution in [3.05, 3.63) is 0 Å². The molecule has 0 fully saturated rings. The molecule has 0 rings (SSSR count). The summed E-state index contributed by atoms with van der Waals surface area (Å²) in [5.74, 6) is 0. The molecule has 1 radical (unpaired) electrons. The van der Waals surface area contributed by atoms with Crippen LogP contribution < -0.4 is 0 Å². The predicted molar refractivity (Wildman–Crippen MR) is 71.4 cm³/mol. The molecule has 0 aliphatic carbocycles. The Hall–Kier alpha value is 0.415. The highest BCUT2D eigenvalue weighted by atomic mass is 32.1. The van der Waals surface area contributed by atoms with Crippen molar-refractivity contribution in [1.82, 2.24) is 0 Å². The SMILES string of the molecule is CCCCCCCCCCCC[B]S. The maximum absolute atomic E-state index is 4.09. The van der Waals surface area contributed by atoms with Gasteiger partial charge in [0.1, 0.15) is 0 Å². The standard InChI is InChI=1S/C12H26BS/c1-2-3-4-5-6-7-8-9-10-11-12-13-14/h14H,2-12H2,1H3. The molecule has 0 aliphatic rings. The molecule has 0 nitrogen and oxygen atoms in total. The second-order valence-corrected chi connectivity index (χ2v) is 4.52. The molecule has 0 unspecified atom stereocenters. The molecule has 0 saturated carbocycles. The number of unbranched alkanes of at least 4 members (excludes halogenated alkanes) is 9. The molecule has 83 valence electrons. The summed E-state index contributed by atoms with van der Waals surface area (Å²) in [4.78, 5) is 0. The van der Waals surface area contributed by atoms with E-state index in [1.54, 1.807) is 0 Å². The smallest absolute Gasteiger partial charge is 0.187 e. The van der Waals surface area contributed by atoms with Crippen LogP contribution in [0.1, 0.15) is 71.1 Å². The average Bonchev–Trinajstić information content (AvgIpc) is 2.21. The lowest BCUT2D eigenvalue weighted by Gasteiger charge is -2.01. The lowest BCUT2D eigenvalue weighted by atomic mass is 9.96. The van der Waals surface area contributed by atoms with Crippen molar-refractivity contribution in [1.29, 1.82) is 0 Å². The van der Waals surface area contributed by atoms with Gasteiger partial charge in [0.05, 0.1) is 0 Å². The van der Waals surface area contributed by atoms with E-state index in [-0.39, 0.29) is 0 Å². The zero-order chi connectivity index (χ0) is 10.5. The molecule has 0 amide bonds. The fraction of sp³-hybridized carbons (Fsp3) is 1.00. The Morgan fingerprint density at radius 2 is 1.14 bits per heavy atom. The van der Waals surface area contributed by atoms with E-state index < -0.39 is 0 Å². The third kappa shape index (κ3) is 12.4. The van der Waals surface area contributed by atoms with Gasteiger partial charge < -0.3 is 0 Å². The van der Waals surface area contributed by atoms with E-state index in [9.17, 15) is 0 Å². The highest BCUT2D eigenvalue weighted by Crippen LogP contribution is 2.11. The maximum Gasteiger partial charge on any atom is 0.187 e. The molecule has 2 heteroatoms. The highest BCUT2D eigenvalue weighted by molar-refractivity contribution is 8.06. The predicted octanol–water partition coefficient (Wildman–Crippen LogP) is 4.87. The topological polar surface area (TPSA) is 0 Å². The van der Waals surface area contributed by atoms with Gasteiger partial charge in [-0.25, -0.2) is 12.5 Å². The first kappa shape index (κ1) is 14.4. The Bertz CT molecular complexity index is 84.3. The quantitative estimate of drug-likeness (QED) is 0.282. The molecule has 0 N–H and O–H groups in total. The van der Waals surface area contributed by atoms with Gasteiger partial charge in [0.25, 0.3) is 0 Å². The third-order valence-electron chi connectivity index (χ3n) is 2.69. The molecule has 0 aromatic heterocycles. The van der Waals surface area contributed by atoms with Gasteiger partial charge >= 0.3 is 0 Å². The van der Waals surface area contributed by atoms with Crippen LogP contribution in [0.2, 0.25) is 6.32 Å². The van der Waals surface area contributed by atoms with E-state index in [2.05, 4.69) is 19.4 Å². The highest BCUT2D eigenvalue weighted by Gasteiger charge is 1.92. The molecule has 0 atom stereocenters. The minimum Gasteiger partial charge on any atom is -0.235 e. The second kappa shape index (κ2) is 13.4. The summed E-state index contributed by atoms with van der Waals surface area (Å²) in [7, 11) is 0. The summed E-state index contributed by atoms with van der Waals surface area (Å²) in [5, 5.41) is 0. The van der Waals surface area contributed by atoms with Crippen molar-refractivity contribution in [2.45, 2.75) is 77.5 Å². The summed E-state index contributed by atoms with van der Waals surface area (Å²) in [6, 6.07) is 0. The lowest BCUT2D eigenvalue weighted by molar-refractivity contribution is 0.562. The largest absolute Gasteiger partial charge is 0.235 e. The second-order valence-electron chi connectivity index (χ2n) is 4.15. The molecule has 0 saturated heterocycles. The molecule has 0 aromatic rings. The Morgan fingerprint density at radius 3 is 1.57 bits per heavy atom. The molecule has 0 aromatic carbocycles. The fourth-order valence-corrected chi connectivity index (χ4v) is 1.91. The van der Waals surface area contributed by atoms with Crippen molar-refractivity contribution in [3.8, 4) is 0 Å². The summed E-state index contributed by atoms with van der Waals surface area (Å²) in [6.07, 6.45) is 15.4. The molecular weight excluding hydrogens is 187 g/mol. The van der Waals surface area contributed by atoms with Gasteiger partial charge in [0.2, 0.25) is 0 Å². The van der Waals surface area contributed by atoms with Gasteiger partial charge in [-0.15, -0.1) is 0 Å². The van der Waals surface area contributed by atoms with E-state index in [0.29, 0.717) is 0 Å². The van der Waals surface area contributed by atoms with Gasteiger partial charge in [-0.1, -0.05) is 77.5 Å². The van der Waals surface area contributed by atoms with E-state index in [1.165, 1.54) is 70.5 Å². The number of hydrogen-bond donors (Lipinski definition) is 1. The molecule has 0 spiro atoms. The van der Waals surface area contributed by atoms with Crippen molar-refractivity contribution in [3.63, 3.8) is 0 Å². The number of thiol groups is 1. The summed E-state index contributed by atoms with van der Waals surface area (Å²) < 4.78 is 0. The van der Waals surface area contributed by atoms with Gasteiger partial charge in [0.15, 0.2) is 6.56 Å². The first-order valence-electron chi connectivity index (χ1n) is 6.37. The van der Waals surface area contributed by atoms with Crippen molar-refractivity contribution in [2.24, 2.45) is 0 Å². The van der Waals surface area contributed by atoms with Gasteiger partial charge in [-0.05, 0) is 0 Å². The van der Waals surface area contributed by atoms with Gasteiger partial charge in [-0.3, -0.25) is 0 Å². The van der Waals surface area contributed by atoms with E-state index in [0.717, 1.165) is 0 Å². The summed E-state index contributed by atoms with van der Waals surface area (Å²) in [5.41, 5.74) is 0. The minimum absolute atomic E-state index is 1.18. The zero-order valence-electron chi connectivity index (χ0n) is 9.80. The molecule has 14 heavy (non-hydrogen) atoms. The molecule has 0 bridgehead atoms. The summed E-state index contributed by atoms with van der Waals surface area (Å²) >= 11 is 4.09. The fourth-order valence-electron chi connectivity index (χ4n) is 1.72. The number of rotatable bonds is 11. The molecular formula is C12H26BS. The van der Waals surface area contributed by atoms with Crippen LogP contribution in [-0.4, -0.2) is 6.56 Å². The minimum atomic E-state index is 1.18. The Kier molecular flexibility index (Phi) is 13.8. The van der Waals surface area contributed by atoms with Crippen molar-refractivity contribution >= 4 is 19.0 Å².